The molecule has 0 amide bonds. The monoisotopic (exact) mass is 331 g/mol. The van der Waals surface area contributed by atoms with Gasteiger partial charge < -0.3 is 15.2 Å². The van der Waals surface area contributed by atoms with E-state index in [2.05, 4.69) is 9.84 Å². The van der Waals surface area contributed by atoms with E-state index in [0.29, 0.717) is 12.1 Å². The van der Waals surface area contributed by atoms with Gasteiger partial charge in [-0.3, -0.25) is 0 Å². The smallest absolute Gasteiger partial charge is 0.344 e. The van der Waals surface area contributed by atoms with Gasteiger partial charge in [0.15, 0.2) is 0 Å². The van der Waals surface area contributed by atoms with Crippen LogP contribution in [0.25, 0.3) is 0 Å². The van der Waals surface area contributed by atoms with Crippen molar-refractivity contribution in [3.05, 3.63) is 47.2 Å². The summed E-state index contributed by atoms with van der Waals surface area (Å²) in [6, 6.07) is 6.88. The van der Waals surface area contributed by atoms with Crippen molar-refractivity contribution < 1.29 is 19.1 Å². The first-order valence-electron chi connectivity index (χ1n) is 7.43. The number of esters is 2. The molecule has 7 heteroatoms. The molecular formula is C17H21N3O4. The molecule has 2 rings (SSSR count). The fraction of sp³-hybridized carbons (Fsp3) is 0.353. The number of nitrogens with zero attached hydrogens (tertiary/aromatic N) is 2. The van der Waals surface area contributed by atoms with Crippen LogP contribution >= 0.6 is 0 Å². The van der Waals surface area contributed by atoms with Gasteiger partial charge in [0, 0.05) is 0 Å². The van der Waals surface area contributed by atoms with Crippen LogP contribution in [0, 0.1) is 0 Å². The SMILES string of the molecule is COC(=O)c1ccc(Cn2ncc(C(=O)OC(C)(C)C)c2N)cc1. The highest BCUT2D eigenvalue weighted by atomic mass is 16.6. The number of methoxy groups -OCH3 is 1. The first-order chi connectivity index (χ1) is 11.2. The van der Waals surface area contributed by atoms with Crippen LogP contribution in [0.4, 0.5) is 5.82 Å². The maximum atomic E-state index is 12.1. The third-order valence-corrected chi connectivity index (χ3v) is 3.21. The second-order valence-electron chi connectivity index (χ2n) is 6.29. The van der Waals surface area contributed by atoms with Gasteiger partial charge in [0.1, 0.15) is 17.0 Å². The van der Waals surface area contributed by atoms with Crippen molar-refractivity contribution in [3.63, 3.8) is 0 Å². The number of carbonyl (C=O) groups excluding carboxylic acids is 2. The topological polar surface area (TPSA) is 96.4 Å². The number of benzene rings is 1. The minimum absolute atomic E-state index is 0.233. The van der Waals surface area contributed by atoms with Gasteiger partial charge >= 0.3 is 11.9 Å². The van der Waals surface area contributed by atoms with Crippen LogP contribution in [0.3, 0.4) is 0 Å². The van der Waals surface area contributed by atoms with Crippen molar-refractivity contribution in [2.45, 2.75) is 32.9 Å². The minimum Gasteiger partial charge on any atom is -0.465 e. The fourth-order valence-electron chi connectivity index (χ4n) is 2.05. The highest BCUT2D eigenvalue weighted by Crippen LogP contribution is 2.18. The van der Waals surface area contributed by atoms with Crippen molar-refractivity contribution in [2.24, 2.45) is 0 Å². The summed E-state index contributed by atoms with van der Waals surface area (Å²) in [4.78, 5) is 23.5. The van der Waals surface area contributed by atoms with E-state index in [0.717, 1.165) is 5.56 Å². The molecule has 0 aliphatic heterocycles. The molecule has 1 aromatic heterocycles. The zero-order chi connectivity index (χ0) is 17.9. The van der Waals surface area contributed by atoms with Crippen molar-refractivity contribution in [2.75, 3.05) is 12.8 Å². The zero-order valence-corrected chi connectivity index (χ0v) is 14.2. The van der Waals surface area contributed by atoms with E-state index in [-0.39, 0.29) is 11.4 Å². The number of ether oxygens (including phenoxy) is 2. The van der Waals surface area contributed by atoms with Gasteiger partial charge in [0.25, 0.3) is 0 Å². The van der Waals surface area contributed by atoms with E-state index in [1.165, 1.54) is 18.0 Å². The number of rotatable bonds is 4. The molecule has 0 aliphatic carbocycles. The van der Waals surface area contributed by atoms with E-state index in [1.807, 2.05) is 0 Å². The number of nitrogen functional groups attached to an aromatic ring is 1. The van der Waals surface area contributed by atoms with Gasteiger partial charge in [-0.1, -0.05) is 12.1 Å². The second kappa shape index (κ2) is 6.74. The summed E-state index contributed by atoms with van der Waals surface area (Å²) in [6.45, 7) is 5.73. The fourth-order valence-corrected chi connectivity index (χ4v) is 2.05. The Morgan fingerprint density at radius 2 is 1.79 bits per heavy atom. The Hall–Kier alpha value is -2.83. The van der Waals surface area contributed by atoms with Gasteiger partial charge in [0.05, 0.1) is 25.4 Å². The molecule has 7 nitrogen and oxygen atoms in total. The summed E-state index contributed by atoms with van der Waals surface area (Å²) in [5.74, 6) is -0.666. The molecule has 0 spiro atoms. The van der Waals surface area contributed by atoms with Crippen LogP contribution in [0.15, 0.2) is 30.5 Å². The Morgan fingerprint density at radius 3 is 2.33 bits per heavy atom. The lowest BCUT2D eigenvalue weighted by Gasteiger charge is -2.19. The molecule has 2 N–H and O–H groups in total. The van der Waals surface area contributed by atoms with Gasteiger partial charge in [-0.15, -0.1) is 0 Å². The molecule has 0 radical (unpaired) electrons. The lowest BCUT2D eigenvalue weighted by Crippen LogP contribution is -2.24. The van der Waals surface area contributed by atoms with Gasteiger partial charge in [-0.2, -0.15) is 5.10 Å². The Kier molecular flexibility index (Phi) is 4.92. The zero-order valence-electron chi connectivity index (χ0n) is 14.2. The van der Waals surface area contributed by atoms with Crippen LogP contribution in [0.5, 0.6) is 0 Å². The summed E-state index contributed by atoms with van der Waals surface area (Å²) >= 11 is 0. The highest BCUT2D eigenvalue weighted by molar-refractivity contribution is 5.94. The van der Waals surface area contributed by atoms with Crippen LogP contribution in [-0.4, -0.2) is 34.4 Å². The highest BCUT2D eigenvalue weighted by Gasteiger charge is 2.22. The van der Waals surface area contributed by atoms with Crippen LogP contribution in [-0.2, 0) is 16.0 Å². The number of anilines is 1. The average molecular weight is 331 g/mol. The number of hydrogen-bond donors (Lipinski definition) is 1. The number of aromatic nitrogens is 2. The van der Waals surface area contributed by atoms with Crippen molar-refractivity contribution in [3.8, 4) is 0 Å². The lowest BCUT2D eigenvalue weighted by atomic mass is 10.1. The van der Waals surface area contributed by atoms with Gasteiger partial charge in [-0.05, 0) is 38.5 Å². The van der Waals surface area contributed by atoms with Gasteiger partial charge in [0.2, 0.25) is 0 Å². The Labute approximate surface area is 140 Å². The summed E-state index contributed by atoms with van der Waals surface area (Å²) in [6.07, 6.45) is 1.40. The molecule has 1 heterocycles. The molecule has 0 aliphatic rings. The van der Waals surface area contributed by atoms with E-state index in [1.54, 1.807) is 45.0 Å². The van der Waals surface area contributed by atoms with Crippen LogP contribution in [0.1, 0.15) is 47.1 Å². The summed E-state index contributed by atoms with van der Waals surface area (Å²) in [7, 11) is 1.33. The van der Waals surface area contributed by atoms with E-state index in [4.69, 9.17) is 10.5 Å². The molecule has 0 bridgehead atoms. The number of nitrogens with two attached hydrogens (primary N) is 1. The summed E-state index contributed by atoms with van der Waals surface area (Å²) < 4.78 is 11.5. The first kappa shape index (κ1) is 17.5. The van der Waals surface area contributed by atoms with Gasteiger partial charge in [-0.25, -0.2) is 14.3 Å². The largest absolute Gasteiger partial charge is 0.465 e. The predicted octanol–water partition coefficient (Wildman–Crippen LogP) is 2.26. The predicted molar refractivity (Wildman–Crippen MR) is 88.7 cm³/mol. The molecule has 0 unspecified atom stereocenters. The Morgan fingerprint density at radius 1 is 1.17 bits per heavy atom. The second-order valence-corrected chi connectivity index (χ2v) is 6.29. The maximum absolute atomic E-state index is 12.1. The molecule has 1 aromatic carbocycles. The first-order valence-corrected chi connectivity index (χ1v) is 7.43. The number of hydrogen-bond acceptors (Lipinski definition) is 6. The minimum atomic E-state index is -0.602. The quantitative estimate of drug-likeness (QED) is 0.863. The lowest BCUT2D eigenvalue weighted by molar-refractivity contribution is 0.00705. The van der Waals surface area contributed by atoms with Crippen LogP contribution < -0.4 is 5.73 Å². The molecule has 2 aromatic rings. The van der Waals surface area contributed by atoms with Crippen molar-refractivity contribution in [1.82, 2.24) is 9.78 Å². The van der Waals surface area contributed by atoms with E-state index < -0.39 is 17.5 Å². The molecule has 128 valence electrons. The molecule has 0 saturated heterocycles. The Balaban J connectivity index is 2.14. The van der Waals surface area contributed by atoms with E-state index in [9.17, 15) is 9.59 Å². The van der Waals surface area contributed by atoms with E-state index >= 15 is 0 Å². The molecule has 0 saturated carbocycles. The molecule has 0 atom stereocenters. The normalized spacial score (nSPS) is 11.2. The molecular weight excluding hydrogens is 310 g/mol. The summed E-state index contributed by atoms with van der Waals surface area (Å²) in [5.41, 5.74) is 6.97. The Bertz CT molecular complexity index is 742. The van der Waals surface area contributed by atoms with Crippen molar-refractivity contribution in [1.29, 1.82) is 0 Å². The number of carbonyl (C=O) groups is 2. The third-order valence-electron chi connectivity index (χ3n) is 3.21. The molecule has 24 heavy (non-hydrogen) atoms. The van der Waals surface area contributed by atoms with Crippen molar-refractivity contribution >= 4 is 17.8 Å². The summed E-state index contributed by atoms with van der Waals surface area (Å²) in [5, 5.41) is 4.14. The van der Waals surface area contributed by atoms with Crippen LogP contribution in [0.2, 0.25) is 0 Å². The average Bonchev–Trinajstić information content (AvgIpc) is 2.87. The third kappa shape index (κ3) is 4.13. The molecule has 0 fully saturated rings. The standard InChI is InChI=1S/C17H21N3O4/c1-17(2,3)24-16(22)13-9-19-20(14(13)18)10-11-5-7-12(8-6-11)15(21)23-4/h5-9H,10,18H2,1-4H3. The maximum Gasteiger partial charge on any atom is 0.344 e.